The van der Waals surface area contributed by atoms with Crippen LogP contribution in [0.1, 0.15) is 23.3 Å². The molecule has 0 spiro atoms. The van der Waals surface area contributed by atoms with Crippen LogP contribution in [0.15, 0.2) is 16.6 Å². The van der Waals surface area contributed by atoms with E-state index in [1.165, 1.54) is 0 Å². The number of ether oxygens (including phenoxy) is 1. The second kappa shape index (κ2) is 2.86. The van der Waals surface area contributed by atoms with Crippen LogP contribution in [-0.4, -0.2) is 0 Å². The molecule has 1 aromatic rings. The molecule has 0 fully saturated rings. The van der Waals surface area contributed by atoms with Crippen LogP contribution in [0.25, 0.3) is 0 Å². The van der Waals surface area contributed by atoms with E-state index in [1.807, 2.05) is 0 Å². The van der Waals surface area contributed by atoms with Crippen molar-refractivity contribution in [3.63, 3.8) is 0 Å². The van der Waals surface area contributed by atoms with Crippen molar-refractivity contribution < 1.29 is 17.9 Å². The molecule has 0 amide bonds. The van der Waals surface area contributed by atoms with Gasteiger partial charge >= 0.3 is 0 Å². The molecule has 15 heavy (non-hydrogen) atoms. The predicted octanol–water partition coefficient (Wildman–Crippen LogP) is 3.55. The molecule has 0 aromatic heterocycles. The molecule has 1 aromatic carbocycles. The minimum absolute atomic E-state index is 0.0479. The second-order valence-corrected chi connectivity index (χ2v) is 4.24. The number of hydrogen-bond acceptors (Lipinski definition) is 1. The normalized spacial score (nSPS) is 26.1. The molecule has 0 radical (unpaired) electrons. The molecule has 0 saturated heterocycles. The maximum absolute atomic E-state index is 13.5. The van der Waals surface area contributed by atoms with Crippen molar-refractivity contribution in [3.8, 4) is 0 Å². The summed E-state index contributed by atoms with van der Waals surface area (Å²) in [4.78, 5) is 0. The van der Waals surface area contributed by atoms with Gasteiger partial charge in [0.2, 0.25) is 0 Å². The fourth-order valence-electron chi connectivity index (χ4n) is 2.00. The van der Waals surface area contributed by atoms with Gasteiger partial charge in [-0.3, -0.25) is 0 Å². The van der Waals surface area contributed by atoms with Crippen LogP contribution in [0.4, 0.5) is 13.2 Å². The molecule has 0 aliphatic carbocycles. The van der Waals surface area contributed by atoms with Gasteiger partial charge in [0.15, 0.2) is 17.5 Å². The number of benzene rings is 1. The molecule has 78 valence electrons. The lowest BCUT2D eigenvalue weighted by Crippen LogP contribution is -2.05. The second-order valence-electron chi connectivity index (χ2n) is 3.45. The van der Waals surface area contributed by atoms with E-state index < -0.39 is 29.7 Å². The van der Waals surface area contributed by atoms with Crippen molar-refractivity contribution in [1.29, 1.82) is 0 Å². The lowest BCUT2D eigenvalue weighted by atomic mass is 9.96. The van der Waals surface area contributed by atoms with Crippen LogP contribution in [-0.2, 0) is 4.74 Å². The molecule has 2 aliphatic rings. The number of rotatable bonds is 0. The summed E-state index contributed by atoms with van der Waals surface area (Å²) in [5.41, 5.74) is 0.465. The SMILES string of the molecule is Fc1c(F)c(Br)c2c(c1F)C1C=CC2O1. The van der Waals surface area contributed by atoms with Gasteiger partial charge in [0.1, 0.15) is 12.2 Å². The van der Waals surface area contributed by atoms with Crippen LogP contribution in [0.3, 0.4) is 0 Å². The van der Waals surface area contributed by atoms with Gasteiger partial charge in [-0.25, -0.2) is 13.2 Å². The average Bonchev–Trinajstić information content (AvgIpc) is 2.82. The fourth-order valence-corrected chi connectivity index (χ4v) is 2.61. The molecule has 3 rings (SSSR count). The highest BCUT2D eigenvalue weighted by Gasteiger charge is 2.40. The first-order chi connectivity index (χ1) is 7.11. The first-order valence-electron chi connectivity index (χ1n) is 4.30. The van der Waals surface area contributed by atoms with E-state index in [9.17, 15) is 13.2 Å². The Morgan fingerprint density at radius 1 is 0.933 bits per heavy atom. The maximum atomic E-state index is 13.5. The van der Waals surface area contributed by atoms with E-state index in [4.69, 9.17) is 4.74 Å². The highest BCUT2D eigenvalue weighted by Crippen LogP contribution is 2.50. The van der Waals surface area contributed by atoms with Crippen molar-refractivity contribution in [2.75, 3.05) is 0 Å². The summed E-state index contributed by atoms with van der Waals surface area (Å²) >= 11 is 2.92. The Bertz CT molecular complexity index is 455. The zero-order valence-electron chi connectivity index (χ0n) is 7.23. The minimum Gasteiger partial charge on any atom is -0.357 e. The zero-order valence-corrected chi connectivity index (χ0v) is 8.82. The number of fused-ring (bicyclic) bond motifs is 5. The van der Waals surface area contributed by atoms with E-state index in [-0.39, 0.29) is 10.0 Å². The topological polar surface area (TPSA) is 9.23 Å². The van der Waals surface area contributed by atoms with Gasteiger partial charge in [-0.2, -0.15) is 0 Å². The lowest BCUT2D eigenvalue weighted by Gasteiger charge is -2.11. The van der Waals surface area contributed by atoms with Crippen LogP contribution >= 0.6 is 15.9 Å². The molecule has 1 nitrogen and oxygen atoms in total. The van der Waals surface area contributed by atoms with Crippen LogP contribution < -0.4 is 0 Å². The minimum atomic E-state index is -1.45. The summed E-state index contributed by atoms with van der Waals surface area (Å²) in [6, 6.07) is 0. The largest absolute Gasteiger partial charge is 0.357 e. The van der Waals surface area contributed by atoms with Crippen molar-refractivity contribution in [2.24, 2.45) is 0 Å². The molecule has 2 atom stereocenters. The van der Waals surface area contributed by atoms with Gasteiger partial charge in [0, 0.05) is 11.1 Å². The average molecular weight is 277 g/mol. The summed E-state index contributed by atoms with van der Waals surface area (Å²) in [6.07, 6.45) is 2.29. The van der Waals surface area contributed by atoms with E-state index in [1.54, 1.807) is 12.2 Å². The van der Waals surface area contributed by atoms with E-state index >= 15 is 0 Å². The Balaban J connectivity index is 2.38. The fraction of sp³-hybridized carbons (Fsp3) is 0.200. The third-order valence-corrected chi connectivity index (χ3v) is 3.44. The van der Waals surface area contributed by atoms with Gasteiger partial charge in [-0.15, -0.1) is 0 Å². The third-order valence-electron chi connectivity index (χ3n) is 2.66. The number of hydrogen-bond donors (Lipinski definition) is 0. The summed E-state index contributed by atoms with van der Waals surface area (Å²) in [7, 11) is 0. The van der Waals surface area contributed by atoms with Crippen molar-refractivity contribution in [3.05, 3.63) is 45.2 Å². The molecular formula is C10H4BrF3O. The standard InChI is InChI=1S/C10H4BrF3O/c11-7-5-3-1-2-4(15-3)6(5)8(12)10(14)9(7)13/h1-4H. The quantitative estimate of drug-likeness (QED) is 0.400. The van der Waals surface area contributed by atoms with Crippen molar-refractivity contribution in [1.82, 2.24) is 0 Å². The number of halogens is 4. The summed E-state index contributed by atoms with van der Waals surface area (Å²) in [5.74, 6) is -3.80. The summed E-state index contributed by atoms with van der Waals surface area (Å²) < 4.78 is 45.0. The van der Waals surface area contributed by atoms with Crippen LogP contribution in [0.5, 0.6) is 0 Å². The van der Waals surface area contributed by atoms with E-state index in [2.05, 4.69) is 15.9 Å². The first kappa shape index (κ1) is 9.42. The Morgan fingerprint density at radius 2 is 1.53 bits per heavy atom. The maximum Gasteiger partial charge on any atom is 0.195 e. The summed E-state index contributed by atoms with van der Waals surface area (Å²) in [6.45, 7) is 0. The van der Waals surface area contributed by atoms with Gasteiger partial charge in [0.25, 0.3) is 0 Å². The van der Waals surface area contributed by atoms with Gasteiger partial charge in [0.05, 0.1) is 4.47 Å². The molecule has 5 heteroatoms. The van der Waals surface area contributed by atoms with Crippen molar-refractivity contribution >= 4 is 15.9 Å². The van der Waals surface area contributed by atoms with Gasteiger partial charge in [-0.1, -0.05) is 12.2 Å². The Kier molecular flexibility index (Phi) is 1.79. The van der Waals surface area contributed by atoms with Crippen LogP contribution in [0.2, 0.25) is 0 Å². The molecular weight excluding hydrogens is 273 g/mol. The molecule has 2 bridgehead atoms. The highest BCUT2D eigenvalue weighted by atomic mass is 79.9. The monoisotopic (exact) mass is 276 g/mol. The van der Waals surface area contributed by atoms with Crippen LogP contribution in [0, 0.1) is 17.5 Å². The molecule has 2 heterocycles. The Morgan fingerprint density at radius 3 is 2.20 bits per heavy atom. The molecule has 2 aliphatic heterocycles. The first-order valence-corrected chi connectivity index (χ1v) is 5.10. The highest BCUT2D eigenvalue weighted by molar-refractivity contribution is 9.10. The van der Waals surface area contributed by atoms with E-state index in [0.717, 1.165) is 0 Å². The third kappa shape index (κ3) is 1.02. The Hall–Kier alpha value is -0.810. The van der Waals surface area contributed by atoms with Crippen molar-refractivity contribution in [2.45, 2.75) is 12.2 Å². The summed E-state index contributed by atoms with van der Waals surface area (Å²) in [5, 5.41) is 0. The van der Waals surface area contributed by atoms with Gasteiger partial charge < -0.3 is 4.74 Å². The molecule has 2 unspecified atom stereocenters. The zero-order chi connectivity index (χ0) is 10.7. The van der Waals surface area contributed by atoms with E-state index in [0.29, 0.717) is 5.56 Å². The smallest absolute Gasteiger partial charge is 0.195 e. The lowest BCUT2D eigenvalue weighted by molar-refractivity contribution is 0.0863. The van der Waals surface area contributed by atoms with Gasteiger partial charge in [-0.05, 0) is 15.9 Å². The molecule has 0 saturated carbocycles. The molecule has 0 N–H and O–H groups in total. The Labute approximate surface area is 91.7 Å². The predicted molar refractivity (Wildman–Crippen MR) is 49.7 cm³/mol.